The van der Waals surface area contributed by atoms with Crippen LogP contribution in [0.15, 0.2) is 36.4 Å². The standard InChI is InChI=1S/C24H33NO7.ClH/c1-7-25(8-2)15-16-32-23(26)24(27,17-11-9-13-19(28-3)21(17)30-5)18-12-10-14-20(29-4)22(18)31-6;/h9-14,27H,7-8,15-16H2,1-6H3;1H. The highest BCUT2D eigenvalue weighted by Gasteiger charge is 2.47. The van der Waals surface area contributed by atoms with Crippen LogP contribution in [0.5, 0.6) is 23.0 Å². The van der Waals surface area contributed by atoms with Crippen LogP contribution in [0.2, 0.25) is 0 Å². The predicted octanol–water partition coefficient (Wildman–Crippen LogP) is 3.26. The molecule has 0 aromatic heterocycles. The summed E-state index contributed by atoms with van der Waals surface area (Å²) in [6.45, 7) is 6.37. The normalized spacial score (nSPS) is 10.9. The van der Waals surface area contributed by atoms with Crippen LogP contribution in [0.1, 0.15) is 25.0 Å². The van der Waals surface area contributed by atoms with Gasteiger partial charge in [0.1, 0.15) is 6.61 Å². The summed E-state index contributed by atoms with van der Waals surface area (Å²) >= 11 is 0. The number of methoxy groups -OCH3 is 4. The van der Waals surface area contributed by atoms with Crippen LogP contribution in [-0.4, -0.2) is 70.7 Å². The number of hydrogen-bond acceptors (Lipinski definition) is 8. The number of para-hydroxylation sites is 2. The number of nitrogens with zero attached hydrogens (tertiary/aromatic N) is 1. The highest BCUT2D eigenvalue weighted by Crippen LogP contribution is 2.46. The molecule has 184 valence electrons. The number of halogens is 1. The highest BCUT2D eigenvalue weighted by atomic mass is 35.5. The SMILES string of the molecule is CCN(CC)CCOC(=O)C(O)(c1cccc(OC)c1OC)c1cccc(OC)c1OC.Cl. The lowest BCUT2D eigenvalue weighted by molar-refractivity contribution is -0.162. The first-order valence-corrected chi connectivity index (χ1v) is 10.5. The van der Waals surface area contributed by atoms with Crippen LogP contribution >= 0.6 is 12.4 Å². The van der Waals surface area contributed by atoms with Crippen LogP contribution in [0.25, 0.3) is 0 Å². The molecule has 0 fully saturated rings. The lowest BCUT2D eigenvalue weighted by atomic mass is 9.84. The molecule has 33 heavy (non-hydrogen) atoms. The summed E-state index contributed by atoms with van der Waals surface area (Å²) in [6, 6.07) is 9.86. The van der Waals surface area contributed by atoms with Crippen molar-refractivity contribution in [2.45, 2.75) is 19.4 Å². The minimum atomic E-state index is -2.25. The molecular weight excluding hydrogens is 450 g/mol. The Morgan fingerprint density at radius 1 is 0.848 bits per heavy atom. The summed E-state index contributed by atoms with van der Waals surface area (Å²) in [5.41, 5.74) is -1.92. The van der Waals surface area contributed by atoms with Gasteiger partial charge in [-0.3, -0.25) is 0 Å². The zero-order valence-corrected chi connectivity index (χ0v) is 20.9. The van der Waals surface area contributed by atoms with Crippen molar-refractivity contribution in [3.05, 3.63) is 47.5 Å². The molecule has 0 amide bonds. The summed E-state index contributed by atoms with van der Waals surface area (Å²) in [5.74, 6) is 0.288. The number of aliphatic hydroxyl groups is 1. The van der Waals surface area contributed by atoms with Gasteiger partial charge in [-0.1, -0.05) is 38.1 Å². The van der Waals surface area contributed by atoms with Gasteiger partial charge < -0.3 is 33.7 Å². The number of benzene rings is 2. The third-order valence-corrected chi connectivity index (χ3v) is 5.42. The van der Waals surface area contributed by atoms with Gasteiger partial charge in [0, 0.05) is 17.7 Å². The van der Waals surface area contributed by atoms with E-state index in [0.717, 1.165) is 13.1 Å². The van der Waals surface area contributed by atoms with Crippen molar-refractivity contribution in [1.82, 2.24) is 4.90 Å². The van der Waals surface area contributed by atoms with E-state index in [1.54, 1.807) is 36.4 Å². The summed E-state index contributed by atoms with van der Waals surface area (Å²) in [7, 11) is 5.84. The smallest absolute Gasteiger partial charge is 0.348 e. The molecule has 1 N–H and O–H groups in total. The van der Waals surface area contributed by atoms with Gasteiger partial charge in [0.25, 0.3) is 0 Å². The van der Waals surface area contributed by atoms with Crippen molar-refractivity contribution in [1.29, 1.82) is 0 Å². The molecule has 2 aromatic rings. The van der Waals surface area contributed by atoms with Gasteiger partial charge in [0.2, 0.25) is 5.60 Å². The van der Waals surface area contributed by atoms with Gasteiger partial charge in [-0.25, -0.2) is 4.79 Å². The Hall–Kier alpha value is -2.68. The number of esters is 1. The quantitative estimate of drug-likeness (QED) is 0.460. The summed E-state index contributed by atoms with van der Waals surface area (Å²) in [5, 5.41) is 12.0. The molecule has 0 aliphatic carbocycles. The molecule has 0 aliphatic rings. The van der Waals surface area contributed by atoms with E-state index in [-0.39, 0.29) is 41.6 Å². The van der Waals surface area contributed by atoms with Gasteiger partial charge in [-0.2, -0.15) is 0 Å². The number of hydrogen-bond donors (Lipinski definition) is 1. The molecule has 2 rings (SSSR count). The molecule has 2 aromatic carbocycles. The fourth-order valence-corrected chi connectivity index (χ4v) is 3.62. The van der Waals surface area contributed by atoms with E-state index in [1.807, 2.05) is 13.8 Å². The maximum absolute atomic E-state index is 13.5. The number of ether oxygens (including phenoxy) is 5. The minimum Gasteiger partial charge on any atom is -0.493 e. The van der Waals surface area contributed by atoms with Crippen molar-refractivity contribution in [2.75, 3.05) is 54.7 Å². The third-order valence-electron chi connectivity index (χ3n) is 5.42. The highest BCUT2D eigenvalue weighted by molar-refractivity contribution is 5.88. The fourth-order valence-electron chi connectivity index (χ4n) is 3.62. The topological polar surface area (TPSA) is 86.7 Å². The molecule has 0 saturated carbocycles. The second-order valence-electron chi connectivity index (χ2n) is 6.96. The summed E-state index contributed by atoms with van der Waals surface area (Å²) in [6.07, 6.45) is 0. The maximum atomic E-state index is 13.5. The van der Waals surface area contributed by atoms with Crippen LogP contribution < -0.4 is 18.9 Å². The second kappa shape index (κ2) is 13.1. The Bertz CT molecular complexity index is 847. The van der Waals surface area contributed by atoms with Crippen LogP contribution in [0, 0.1) is 0 Å². The Morgan fingerprint density at radius 2 is 1.30 bits per heavy atom. The summed E-state index contributed by atoms with van der Waals surface area (Å²) < 4.78 is 27.4. The van der Waals surface area contributed by atoms with Crippen molar-refractivity contribution in [3.63, 3.8) is 0 Å². The molecule has 0 heterocycles. The molecule has 0 aliphatic heterocycles. The average molecular weight is 484 g/mol. The van der Waals surface area contributed by atoms with E-state index < -0.39 is 11.6 Å². The van der Waals surface area contributed by atoms with E-state index in [0.29, 0.717) is 18.0 Å². The first-order valence-electron chi connectivity index (χ1n) is 10.5. The number of rotatable bonds is 12. The third kappa shape index (κ3) is 5.82. The van der Waals surface area contributed by atoms with E-state index in [1.165, 1.54) is 28.4 Å². The Labute approximate surface area is 201 Å². The lowest BCUT2D eigenvalue weighted by Crippen LogP contribution is -2.40. The lowest BCUT2D eigenvalue weighted by Gasteiger charge is -2.31. The van der Waals surface area contributed by atoms with Crippen LogP contribution in [0.3, 0.4) is 0 Å². The van der Waals surface area contributed by atoms with Gasteiger partial charge in [0.15, 0.2) is 23.0 Å². The molecule has 0 radical (unpaired) electrons. The number of likely N-dealkylation sites (N-methyl/N-ethyl adjacent to an activating group) is 1. The van der Waals surface area contributed by atoms with Crippen LogP contribution in [-0.2, 0) is 15.1 Å². The molecule has 8 nitrogen and oxygen atoms in total. The Morgan fingerprint density at radius 3 is 1.67 bits per heavy atom. The average Bonchev–Trinajstić information content (AvgIpc) is 2.84. The molecule has 0 bridgehead atoms. The maximum Gasteiger partial charge on any atom is 0.348 e. The van der Waals surface area contributed by atoms with Gasteiger partial charge in [0.05, 0.1) is 28.4 Å². The van der Waals surface area contributed by atoms with E-state index in [2.05, 4.69) is 4.90 Å². The van der Waals surface area contributed by atoms with Crippen LogP contribution in [0.4, 0.5) is 0 Å². The predicted molar refractivity (Wildman–Crippen MR) is 128 cm³/mol. The van der Waals surface area contributed by atoms with E-state index in [4.69, 9.17) is 23.7 Å². The first kappa shape index (κ1) is 28.4. The molecule has 0 spiro atoms. The van der Waals surface area contributed by atoms with Crippen molar-refractivity contribution in [2.24, 2.45) is 0 Å². The zero-order chi connectivity index (χ0) is 23.7. The largest absolute Gasteiger partial charge is 0.493 e. The molecular formula is C24H34ClNO7. The molecule has 9 heteroatoms. The first-order chi connectivity index (χ1) is 15.4. The van der Waals surface area contributed by atoms with Crippen molar-refractivity contribution >= 4 is 18.4 Å². The molecule has 0 saturated heterocycles. The Balaban J connectivity index is 0.00000544. The minimum absolute atomic E-state index is 0. The monoisotopic (exact) mass is 483 g/mol. The second-order valence-corrected chi connectivity index (χ2v) is 6.96. The van der Waals surface area contributed by atoms with Gasteiger partial charge in [-0.05, 0) is 25.2 Å². The molecule has 0 atom stereocenters. The van der Waals surface area contributed by atoms with Crippen molar-refractivity contribution < 1.29 is 33.6 Å². The number of carbonyl (C=O) groups excluding carboxylic acids is 1. The number of carbonyl (C=O) groups is 1. The van der Waals surface area contributed by atoms with Crippen molar-refractivity contribution in [3.8, 4) is 23.0 Å². The van der Waals surface area contributed by atoms with E-state index in [9.17, 15) is 9.90 Å². The van der Waals surface area contributed by atoms with Gasteiger partial charge in [-0.15, -0.1) is 12.4 Å². The fraction of sp³-hybridized carbons (Fsp3) is 0.458. The Kier molecular flexibility index (Phi) is 11.3. The van der Waals surface area contributed by atoms with E-state index >= 15 is 0 Å². The molecule has 0 unspecified atom stereocenters. The zero-order valence-electron chi connectivity index (χ0n) is 20.0. The van der Waals surface area contributed by atoms with Gasteiger partial charge >= 0.3 is 5.97 Å². The summed E-state index contributed by atoms with van der Waals surface area (Å²) in [4.78, 5) is 15.6.